The third-order valence-corrected chi connectivity index (χ3v) is 8.42. The van der Waals surface area contributed by atoms with Gasteiger partial charge in [0.2, 0.25) is 14.9 Å². The van der Waals surface area contributed by atoms with Gasteiger partial charge in [0.15, 0.2) is 5.76 Å². The fourth-order valence-electron chi connectivity index (χ4n) is 3.50. The van der Waals surface area contributed by atoms with Gasteiger partial charge in [-0.2, -0.15) is 0 Å². The van der Waals surface area contributed by atoms with Crippen molar-refractivity contribution in [3.05, 3.63) is 62.6 Å². The van der Waals surface area contributed by atoms with Crippen LogP contribution in [0.1, 0.15) is 44.2 Å². The second-order valence-corrected chi connectivity index (χ2v) is 10.9. The second kappa shape index (κ2) is 8.60. The first-order valence-corrected chi connectivity index (χ1v) is 12.7. The molecule has 2 N–H and O–H groups in total. The maximum atomic E-state index is 12.8. The number of furan rings is 1. The van der Waals surface area contributed by atoms with Gasteiger partial charge in [-0.1, -0.05) is 15.9 Å². The Bertz CT molecular complexity index is 1260. The molecule has 4 rings (SSSR count). The predicted octanol–water partition coefficient (Wildman–Crippen LogP) is 4.43. The molecule has 10 heteroatoms. The SMILES string of the molecule is CNC(=O)c1c(NC(=O)c2ccc(S(=O)(=O)c3ccc(Br)cc3)o2)sc2c1CCCC2. The van der Waals surface area contributed by atoms with Crippen molar-refractivity contribution in [2.24, 2.45) is 0 Å². The summed E-state index contributed by atoms with van der Waals surface area (Å²) in [7, 11) is -2.35. The molecule has 3 aromatic rings. The maximum absolute atomic E-state index is 12.8. The van der Waals surface area contributed by atoms with Crippen LogP contribution in [0.4, 0.5) is 5.00 Å². The van der Waals surface area contributed by atoms with Crippen molar-refractivity contribution in [3.63, 3.8) is 0 Å². The summed E-state index contributed by atoms with van der Waals surface area (Å²) in [5, 5.41) is 5.49. The zero-order valence-corrected chi connectivity index (χ0v) is 19.7. The molecule has 0 unspecified atom stereocenters. The van der Waals surface area contributed by atoms with E-state index in [0.717, 1.165) is 40.6 Å². The maximum Gasteiger partial charge on any atom is 0.292 e. The first kappa shape index (κ1) is 21.8. The van der Waals surface area contributed by atoms with Crippen molar-refractivity contribution < 1.29 is 22.4 Å². The number of fused-ring (bicyclic) bond motifs is 1. The molecule has 31 heavy (non-hydrogen) atoms. The molecule has 1 aliphatic carbocycles. The molecule has 2 aromatic heterocycles. The van der Waals surface area contributed by atoms with E-state index in [1.54, 1.807) is 19.2 Å². The number of sulfone groups is 1. The Morgan fingerprint density at radius 3 is 2.45 bits per heavy atom. The zero-order chi connectivity index (χ0) is 22.2. The average Bonchev–Trinajstić information content (AvgIpc) is 3.39. The zero-order valence-electron chi connectivity index (χ0n) is 16.5. The fourth-order valence-corrected chi connectivity index (χ4v) is 6.22. The lowest BCUT2D eigenvalue weighted by Crippen LogP contribution is -2.22. The number of halogens is 1. The summed E-state index contributed by atoms with van der Waals surface area (Å²) >= 11 is 4.65. The van der Waals surface area contributed by atoms with E-state index in [0.29, 0.717) is 10.6 Å². The molecular weight excluding hydrogens is 504 g/mol. The molecule has 0 aliphatic heterocycles. The summed E-state index contributed by atoms with van der Waals surface area (Å²) in [5.74, 6) is -1.02. The molecule has 1 aromatic carbocycles. The Kier molecular flexibility index (Phi) is 6.05. The van der Waals surface area contributed by atoms with E-state index in [1.165, 1.54) is 35.6 Å². The molecule has 1 aliphatic rings. The van der Waals surface area contributed by atoms with Gasteiger partial charge < -0.3 is 15.1 Å². The second-order valence-electron chi connectivity index (χ2n) is 7.02. The van der Waals surface area contributed by atoms with Crippen LogP contribution in [0.2, 0.25) is 0 Å². The van der Waals surface area contributed by atoms with E-state index in [4.69, 9.17) is 4.42 Å². The number of aryl methyl sites for hydroxylation is 1. The van der Waals surface area contributed by atoms with E-state index < -0.39 is 15.7 Å². The summed E-state index contributed by atoms with van der Waals surface area (Å²) in [6.07, 6.45) is 3.71. The Labute approximate surface area is 191 Å². The van der Waals surface area contributed by atoms with Gasteiger partial charge in [0, 0.05) is 16.4 Å². The third kappa shape index (κ3) is 4.19. The summed E-state index contributed by atoms with van der Waals surface area (Å²) < 4.78 is 31.7. The smallest absolute Gasteiger partial charge is 0.292 e. The number of benzene rings is 1. The minimum absolute atomic E-state index is 0.0600. The summed E-state index contributed by atoms with van der Waals surface area (Å²) in [4.78, 5) is 26.4. The van der Waals surface area contributed by atoms with Gasteiger partial charge in [0.25, 0.3) is 11.8 Å². The number of hydrogen-bond acceptors (Lipinski definition) is 6. The number of rotatable bonds is 5. The average molecular weight is 523 g/mol. The molecule has 2 amide bonds. The van der Waals surface area contributed by atoms with Gasteiger partial charge in [0.05, 0.1) is 10.5 Å². The van der Waals surface area contributed by atoms with Crippen molar-refractivity contribution in [1.29, 1.82) is 0 Å². The molecule has 2 heterocycles. The van der Waals surface area contributed by atoms with E-state index in [2.05, 4.69) is 26.6 Å². The molecule has 0 saturated carbocycles. The number of hydrogen-bond donors (Lipinski definition) is 2. The molecular formula is C21H19BrN2O5S2. The fraction of sp³-hybridized carbons (Fsp3) is 0.238. The van der Waals surface area contributed by atoms with Crippen molar-refractivity contribution >= 4 is 53.9 Å². The lowest BCUT2D eigenvalue weighted by molar-refractivity contribution is 0.0963. The van der Waals surface area contributed by atoms with E-state index in [-0.39, 0.29) is 21.7 Å². The highest BCUT2D eigenvalue weighted by molar-refractivity contribution is 9.10. The Morgan fingerprint density at radius 1 is 1.03 bits per heavy atom. The van der Waals surface area contributed by atoms with Crippen molar-refractivity contribution in [1.82, 2.24) is 5.32 Å². The summed E-state index contributed by atoms with van der Waals surface area (Å²) in [5.41, 5.74) is 1.45. The highest BCUT2D eigenvalue weighted by Gasteiger charge is 2.28. The van der Waals surface area contributed by atoms with Gasteiger partial charge in [-0.15, -0.1) is 11.3 Å². The van der Waals surface area contributed by atoms with Crippen LogP contribution >= 0.6 is 27.3 Å². The highest BCUT2D eigenvalue weighted by atomic mass is 79.9. The predicted molar refractivity (Wildman–Crippen MR) is 121 cm³/mol. The largest absolute Gasteiger partial charge is 0.439 e. The highest BCUT2D eigenvalue weighted by Crippen LogP contribution is 2.38. The molecule has 0 bridgehead atoms. The molecule has 7 nitrogen and oxygen atoms in total. The Hall–Kier alpha value is -2.43. The molecule has 0 fully saturated rings. The van der Waals surface area contributed by atoms with Gasteiger partial charge in [0.1, 0.15) is 5.00 Å². The first-order chi connectivity index (χ1) is 14.8. The molecule has 0 radical (unpaired) electrons. The van der Waals surface area contributed by atoms with Crippen LogP contribution in [0, 0.1) is 0 Å². The van der Waals surface area contributed by atoms with Crippen molar-refractivity contribution in [2.75, 3.05) is 12.4 Å². The number of carbonyl (C=O) groups is 2. The van der Waals surface area contributed by atoms with Gasteiger partial charge in [-0.05, 0) is 67.6 Å². The summed E-state index contributed by atoms with van der Waals surface area (Å²) in [6, 6.07) is 8.70. The lowest BCUT2D eigenvalue weighted by atomic mass is 9.95. The Morgan fingerprint density at radius 2 is 1.74 bits per heavy atom. The first-order valence-electron chi connectivity index (χ1n) is 9.59. The van der Waals surface area contributed by atoms with E-state index >= 15 is 0 Å². The number of nitrogens with one attached hydrogen (secondary N) is 2. The van der Waals surface area contributed by atoms with Crippen LogP contribution < -0.4 is 10.6 Å². The van der Waals surface area contributed by atoms with Crippen LogP contribution in [0.25, 0.3) is 0 Å². The third-order valence-electron chi connectivity index (χ3n) is 5.05. The number of carbonyl (C=O) groups excluding carboxylic acids is 2. The van der Waals surface area contributed by atoms with Crippen molar-refractivity contribution in [2.45, 2.75) is 35.7 Å². The number of thiophene rings is 1. The van der Waals surface area contributed by atoms with Gasteiger partial charge in [-0.3, -0.25) is 9.59 Å². The summed E-state index contributed by atoms with van der Waals surface area (Å²) in [6.45, 7) is 0. The van der Waals surface area contributed by atoms with Crippen LogP contribution in [-0.4, -0.2) is 27.3 Å². The van der Waals surface area contributed by atoms with Crippen LogP contribution in [0.3, 0.4) is 0 Å². The van der Waals surface area contributed by atoms with Crippen LogP contribution in [0.15, 0.2) is 55.3 Å². The lowest BCUT2D eigenvalue weighted by Gasteiger charge is -2.12. The molecule has 0 atom stereocenters. The van der Waals surface area contributed by atoms with E-state index in [1.807, 2.05) is 0 Å². The number of anilines is 1. The van der Waals surface area contributed by atoms with Crippen LogP contribution in [-0.2, 0) is 22.7 Å². The minimum atomic E-state index is -3.90. The van der Waals surface area contributed by atoms with Crippen molar-refractivity contribution in [3.8, 4) is 0 Å². The molecule has 162 valence electrons. The molecule has 0 saturated heterocycles. The quantitative estimate of drug-likeness (QED) is 0.515. The Balaban J connectivity index is 1.61. The monoisotopic (exact) mass is 522 g/mol. The molecule has 0 spiro atoms. The minimum Gasteiger partial charge on any atom is -0.439 e. The standard InChI is InChI=1S/C21H19BrN2O5S2/c1-23-20(26)18-14-4-2-3-5-16(14)30-21(18)24-19(25)15-10-11-17(29-15)31(27,28)13-8-6-12(22)7-9-13/h6-11H,2-5H2,1H3,(H,23,26)(H,24,25). The van der Waals surface area contributed by atoms with E-state index in [9.17, 15) is 18.0 Å². The number of amides is 2. The van der Waals surface area contributed by atoms with Crippen LogP contribution in [0.5, 0.6) is 0 Å². The normalized spacial score (nSPS) is 13.5. The van der Waals surface area contributed by atoms with Gasteiger partial charge >= 0.3 is 0 Å². The topological polar surface area (TPSA) is 105 Å². The van der Waals surface area contributed by atoms with Gasteiger partial charge in [-0.25, -0.2) is 8.42 Å².